The summed E-state index contributed by atoms with van der Waals surface area (Å²) >= 11 is 0. The summed E-state index contributed by atoms with van der Waals surface area (Å²) in [4.78, 5) is 23.0. The van der Waals surface area contributed by atoms with E-state index in [0.29, 0.717) is 18.4 Å². The molecule has 1 N–H and O–H groups in total. The van der Waals surface area contributed by atoms with Crippen LogP contribution in [0.25, 0.3) is 10.8 Å². The second-order valence-electron chi connectivity index (χ2n) is 4.71. The Labute approximate surface area is 117 Å². The van der Waals surface area contributed by atoms with Crippen molar-refractivity contribution in [3.63, 3.8) is 0 Å². The molecule has 0 heterocycles. The van der Waals surface area contributed by atoms with E-state index in [0.717, 1.165) is 10.8 Å². The lowest BCUT2D eigenvalue weighted by atomic mass is 9.95. The first-order valence-electron chi connectivity index (χ1n) is 6.51. The molecule has 4 heteroatoms. The van der Waals surface area contributed by atoms with Crippen LogP contribution in [0.1, 0.15) is 19.4 Å². The SMILES string of the molecule is CCNC(=O)OC(C)(C=O)c1ccc2ccccc2c1. The molecule has 0 aromatic heterocycles. The van der Waals surface area contributed by atoms with Gasteiger partial charge in [0, 0.05) is 12.1 Å². The lowest BCUT2D eigenvalue weighted by molar-refractivity contribution is -0.123. The second kappa shape index (κ2) is 5.74. The summed E-state index contributed by atoms with van der Waals surface area (Å²) in [5.74, 6) is 0. The van der Waals surface area contributed by atoms with Crippen LogP contribution in [0, 0.1) is 0 Å². The van der Waals surface area contributed by atoms with Crippen LogP contribution in [-0.4, -0.2) is 18.9 Å². The van der Waals surface area contributed by atoms with E-state index < -0.39 is 11.7 Å². The number of benzene rings is 2. The molecule has 0 bridgehead atoms. The van der Waals surface area contributed by atoms with Gasteiger partial charge in [0.1, 0.15) is 0 Å². The number of carbonyl (C=O) groups excluding carboxylic acids is 2. The van der Waals surface area contributed by atoms with E-state index in [1.807, 2.05) is 36.4 Å². The Bertz CT molecular complexity index is 638. The number of ether oxygens (including phenoxy) is 1. The fourth-order valence-corrected chi connectivity index (χ4v) is 2.02. The third-order valence-corrected chi connectivity index (χ3v) is 3.17. The van der Waals surface area contributed by atoms with Crippen molar-refractivity contribution in [2.75, 3.05) is 6.54 Å². The van der Waals surface area contributed by atoms with Crippen molar-refractivity contribution >= 4 is 23.2 Å². The first-order chi connectivity index (χ1) is 9.59. The molecular formula is C16H17NO3. The number of amides is 1. The molecule has 1 atom stereocenters. The summed E-state index contributed by atoms with van der Waals surface area (Å²) in [7, 11) is 0. The van der Waals surface area contributed by atoms with Gasteiger partial charge in [-0.1, -0.05) is 36.4 Å². The number of hydrogen-bond acceptors (Lipinski definition) is 3. The van der Waals surface area contributed by atoms with Gasteiger partial charge in [-0.05, 0) is 30.7 Å². The molecule has 0 aliphatic heterocycles. The zero-order valence-electron chi connectivity index (χ0n) is 11.6. The Hall–Kier alpha value is -2.36. The summed E-state index contributed by atoms with van der Waals surface area (Å²) in [6.45, 7) is 3.82. The summed E-state index contributed by atoms with van der Waals surface area (Å²) in [5, 5.41) is 4.59. The molecule has 0 spiro atoms. The monoisotopic (exact) mass is 271 g/mol. The minimum atomic E-state index is -1.29. The number of carbonyl (C=O) groups is 2. The first kappa shape index (κ1) is 14.1. The number of fused-ring (bicyclic) bond motifs is 1. The van der Waals surface area contributed by atoms with Gasteiger partial charge in [0.15, 0.2) is 11.9 Å². The minimum absolute atomic E-state index is 0.450. The van der Waals surface area contributed by atoms with E-state index in [4.69, 9.17) is 4.74 Å². The molecule has 0 fully saturated rings. The molecule has 104 valence electrons. The van der Waals surface area contributed by atoms with E-state index in [-0.39, 0.29) is 0 Å². The van der Waals surface area contributed by atoms with E-state index in [9.17, 15) is 9.59 Å². The number of nitrogens with one attached hydrogen (secondary N) is 1. The highest BCUT2D eigenvalue weighted by atomic mass is 16.6. The van der Waals surface area contributed by atoms with Crippen molar-refractivity contribution < 1.29 is 14.3 Å². The van der Waals surface area contributed by atoms with Gasteiger partial charge in [0.05, 0.1) is 0 Å². The Morgan fingerprint density at radius 1 is 1.25 bits per heavy atom. The summed E-state index contributed by atoms with van der Waals surface area (Å²) < 4.78 is 5.24. The zero-order chi connectivity index (χ0) is 14.6. The first-order valence-corrected chi connectivity index (χ1v) is 6.51. The van der Waals surface area contributed by atoms with E-state index in [1.165, 1.54) is 0 Å². The van der Waals surface area contributed by atoms with Crippen molar-refractivity contribution in [3.8, 4) is 0 Å². The molecule has 0 radical (unpaired) electrons. The predicted octanol–water partition coefficient (Wildman–Crippen LogP) is 3.00. The predicted molar refractivity (Wildman–Crippen MR) is 77.5 cm³/mol. The molecule has 4 nitrogen and oxygen atoms in total. The highest BCUT2D eigenvalue weighted by Crippen LogP contribution is 2.26. The lowest BCUT2D eigenvalue weighted by Crippen LogP contribution is -2.36. The molecular weight excluding hydrogens is 254 g/mol. The van der Waals surface area contributed by atoms with Crippen LogP contribution in [0.4, 0.5) is 4.79 Å². The molecule has 1 amide bonds. The molecule has 0 saturated heterocycles. The normalized spacial score (nSPS) is 13.5. The second-order valence-corrected chi connectivity index (χ2v) is 4.71. The van der Waals surface area contributed by atoms with Crippen molar-refractivity contribution in [2.24, 2.45) is 0 Å². The highest BCUT2D eigenvalue weighted by molar-refractivity contribution is 5.85. The van der Waals surface area contributed by atoms with Crippen molar-refractivity contribution in [2.45, 2.75) is 19.4 Å². The van der Waals surface area contributed by atoms with Gasteiger partial charge < -0.3 is 10.1 Å². The smallest absolute Gasteiger partial charge is 0.408 e. The summed E-state index contributed by atoms with van der Waals surface area (Å²) in [6.07, 6.45) is 0.0436. The van der Waals surface area contributed by atoms with E-state index in [2.05, 4.69) is 5.32 Å². The molecule has 0 saturated carbocycles. The third kappa shape index (κ3) is 2.79. The highest BCUT2D eigenvalue weighted by Gasteiger charge is 2.30. The van der Waals surface area contributed by atoms with E-state index >= 15 is 0 Å². The van der Waals surface area contributed by atoms with Gasteiger partial charge in [-0.2, -0.15) is 0 Å². The van der Waals surface area contributed by atoms with Crippen molar-refractivity contribution in [1.82, 2.24) is 5.32 Å². The van der Waals surface area contributed by atoms with Crippen LogP contribution < -0.4 is 5.32 Å². The van der Waals surface area contributed by atoms with Crippen molar-refractivity contribution in [1.29, 1.82) is 0 Å². The lowest BCUT2D eigenvalue weighted by Gasteiger charge is -2.24. The van der Waals surface area contributed by atoms with Gasteiger partial charge >= 0.3 is 6.09 Å². The molecule has 0 aliphatic rings. The maximum Gasteiger partial charge on any atom is 0.408 e. The Balaban J connectivity index is 2.37. The van der Waals surface area contributed by atoms with Crippen LogP contribution in [0.2, 0.25) is 0 Å². The van der Waals surface area contributed by atoms with Gasteiger partial charge in [-0.25, -0.2) is 4.79 Å². The average molecular weight is 271 g/mol. The maximum atomic E-state index is 11.6. The van der Waals surface area contributed by atoms with Crippen LogP contribution in [0.3, 0.4) is 0 Å². The van der Waals surface area contributed by atoms with Gasteiger partial charge in [-0.15, -0.1) is 0 Å². The number of aldehydes is 1. The summed E-state index contributed by atoms with van der Waals surface area (Å²) in [5.41, 5.74) is -0.638. The fraction of sp³-hybridized carbons (Fsp3) is 0.250. The standard InChI is InChI=1S/C16H17NO3/c1-3-17-15(19)20-16(2,11-18)14-9-8-12-6-4-5-7-13(12)10-14/h4-11H,3H2,1-2H3,(H,17,19). The molecule has 2 rings (SSSR count). The molecule has 1 unspecified atom stereocenters. The molecule has 2 aromatic rings. The molecule has 20 heavy (non-hydrogen) atoms. The fourth-order valence-electron chi connectivity index (χ4n) is 2.02. The average Bonchev–Trinajstić information content (AvgIpc) is 2.46. The molecule has 0 aliphatic carbocycles. The van der Waals surface area contributed by atoms with Crippen LogP contribution >= 0.6 is 0 Å². The van der Waals surface area contributed by atoms with E-state index in [1.54, 1.807) is 19.9 Å². The van der Waals surface area contributed by atoms with Crippen LogP contribution in [-0.2, 0) is 15.1 Å². The number of alkyl carbamates (subject to hydrolysis) is 1. The Kier molecular flexibility index (Phi) is 4.03. The van der Waals surface area contributed by atoms with Crippen molar-refractivity contribution in [3.05, 3.63) is 48.0 Å². The maximum absolute atomic E-state index is 11.6. The van der Waals surface area contributed by atoms with Gasteiger partial charge in [0.25, 0.3) is 0 Å². The zero-order valence-corrected chi connectivity index (χ0v) is 11.6. The van der Waals surface area contributed by atoms with Gasteiger partial charge in [-0.3, -0.25) is 4.79 Å². The largest absolute Gasteiger partial charge is 0.431 e. The Morgan fingerprint density at radius 2 is 1.95 bits per heavy atom. The molecule has 2 aromatic carbocycles. The van der Waals surface area contributed by atoms with Gasteiger partial charge in [0.2, 0.25) is 0 Å². The number of hydrogen-bond donors (Lipinski definition) is 1. The number of rotatable bonds is 4. The Morgan fingerprint density at radius 3 is 2.60 bits per heavy atom. The quantitative estimate of drug-likeness (QED) is 0.870. The third-order valence-electron chi connectivity index (χ3n) is 3.17. The van der Waals surface area contributed by atoms with Crippen LogP contribution in [0.15, 0.2) is 42.5 Å². The minimum Gasteiger partial charge on any atom is -0.431 e. The topological polar surface area (TPSA) is 55.4 Å². The summed E-state index contributed by atoms with van der Waals surface area (Å²) in [6, 6.07) is 13.4. The van der Waals surface area contributed by atoms with Crippen LogP contribution in [0.5, 0.6) is 0 Å².